The number of benzene rings is 3. The Bertz CT molecular complexity index is 1470. The third-order valence-electron chi connectivity index (χ3n) is 8.03. The summed E-state index contributed by atoms with van der Waals surface area (Å²) in [5.74, 6) is 1.40. The van der Waals surface area contributed by atoms with E-state index in [4.69, 9.17) is 16.3 Å². The topological polar surface area (TPSA) is 68.8 Å². The molecule has 1 aromatic heterocycles. The lowest BCUT2D eigenvalue weighted by Crippen LogP contribution is -2.32. The number of aromatic hydroxyl groups is 1. The molecule has 2 aliphatic heterocycles. The van der Waals surface area contributed by atoms with E-state index in [1.54, 1.807) is 11.0 Å². The molecule has 2 N–H and O–H groups in total. The second-order valence-corrected chi connectivity index (χ2v) is 11.3. The zero-order valence-corrected chi connectivity index (χ0v) is 22.0. The van der Waals surface area contributed by atoms with Gasteiger partial charge < -0.3 is 24.6 Å². The van der Waals surface area contributed by atoms with Gasteiger partial charge in [-0.3, -0.25) is 4.79 Å². The molecule has 6 nitrogen and oxygen atoms in total. The lowest BCUT2D eigenvalue weighted by atomic mass is 9.92. The molecule has 0 saturated carbocycles. The molecule has 3 aromatic carbocycles. The number of likely N-dealkylation sites (tertiary alicyclic amines) is 1. The van der Waals surface area contributed by atoms with Crippen molar-refractivity contribution in [2.24, 2.45) is 5.92 Å². The van der Waals surface area contributed by atoms with Crippen molar-refractivity contribution in [1.82, 2.24) is 9.88 Å². The number of fused-ring (bicyclic) bond motifs is 4. The van der Waals surface area contributed by atoms with Crippen molar-refractivity contribution in [2.75, 3.05) is 38.2 Å². The molecule has 0 spiro atoms. The van der Waals surface area contributed by atoms with Gasteiger partial charge in [-0.25, -0.2) is 0 Å². The molecule has 3 heterocycles. The van der Waals surface area contributed by atoms with E-state index >= 15 is 0 Å². The molecule has 1 unspecified atom stereocenters. The van der Waals surface area contributed by atoms with Crippen LogP contribution in [0.3, 0.4) is 0 Å². The first-order valence-corrected chi connectivity index (χ1v) is 13.5. The number of hydrogen-bond acceptors (Lipinski definition) is 4. The zero-order valence-electron chi connectivity index (χ0n) is 21.2. The number of amides is 1. The molecule has 7 heteroatoms. The Morgan fingerprint density at radius 1 is 1.14 bits per heavy atom. The highest BCUT2D eigenvalue weighted by molar-refractivity contribution is 6.22. The first-order chi connectivity index (χ1) is 17.9. The second kappa shape index (κ2) is 9.58. The number of aromatic amines is 1. The number of halogens is 1. The number of piperidine rings is 1. The number of aromatic nitrogens is 1. The molecular formula is C30H32ClN3O3. The van der Waals surface area contributed by atoms with Crippen molar-refractivity contribution in [3.8, 4) is 11.5 Å². The molecule has 0 radical (unpaired) electrons. The zero-order chi connectivity index (χ0) is 25.7. The summed E-state index contributed by atoms with van der Waals surface area (Å²) in [6, 6.07) is 17.3. The monoisotopic (exact) mass is 517 g/mol. The molecule has 1 amide bonds. The van der Waals surface area contributed by atoms with Crippen LogP contribution in [0.25, 0.3) is 21.7 Å². The summed E-state index contributed by atoms with van der Waals surface area (Å²) >= 11 is 6.62. The number of alkyl halides is 1. The lowest BCUT2D eigenvalue weighted by molar-refractivity contribution is 0.0984. The van der Waals surface area contributed by atoms with Crippen LogP contribution in [0.5, 0.6) is 11.5 Å². The Morgan fingerprint density at radius 3 is 2.65 bits per heavy atom. The molecular weight excluding hydrogens is 486 g/mol. The number of carbonyl (C=O) groups is 1. The SMILES string of the molecule is CC(Cl)[C@@H]1CN(C(=O)c2cc3cc(OCC4CCN(C)CC4)ccc3[nH]2)c2cc(O)c3ccccc3c21. The number of H-pyrrole nitrogens is 1. The minimum absolute atomic E-state index is 0.0323. The van der Waals surface area contributed by atoms with Gasteiger partial charge in [0.05, 0.1) is 12.3 Å². The van der Waals surface area contributed by atoms with Crippen molar-refractivity contribution in [3.05, 3.63) is 65.9 Å². The van der Waals surface area contributed by atoms with E-state index in [-0.39, 0.29) is 23.0 Å². The maximum absolute atomic E-state index is 13.8. The Balaban J connectivity index is 1.27. The number of ether oxygens (including phenoxy) is 1. The Morgan fingerprint density at radius 2 is 1.89 bits per heavy atom. The van der Waals surface area contributed by atoms with E-state index in [1.165, 1.54) is 0 Å². The van der Waals surface area contributed by atoms with E-state index in [1.807, 2.05) is 55.5 Å². The van der Waals surface area contributed by atoms with Crippen LogP contribution >= 0.6 is 11.6 Å². The van der Waals surface area contributed by atoms with Gasteiger partial charge in [0.1, 0.15) is 17.2 Å². The first-order valence-electron chi connectivity index (χ1n) is 13.0. The number of nitrogens with one attached hydrogen (secondary N) is 1. The third kappa shape index (κ3) is 4.42. The van der Waals surface area contributed by atoms with Crippen LogP contribution in [0.1, 0.15) is 41.7 Å². The van der Waals surface area contributed by atoms with Gasteiger partial charge in [0, 0.05) is 40.2 Å². The average molecular weight is 518 g/mol. The van der Waals surface area contributed by atoms with Gasteiger partial charge in [-0.15, -0.1) is 11.6 Å². The van der Waals surface area contributed by atoms with Crippen LogP contribution < -0.4 is 9.64 Å². The normalized spacial score (nSPS) is 19.4. The number of nitrogens with zero attached hydrogens (tertiary/aromatic N) is 2. The van der Waals surface area contributed by atoms with Gasteiger partial charge in [-0.05, 0) is 81.0 Å². The summed E-state index contributed by atoms with van der Waals surface area (Å²) in [4.78, 5) is 21.2. The van der Waals surface area contributed by atoms with Crippen LogP contribution in [-0.2, 0) is 0 Å². The fourth-order valence-electron chi connectivity index (χ4n) is 5.83. The molecule has 2 atom stereocenters. The molecule has 0 aliphatic carbocycles. The van der Waals surface area contributed by atoms with Gasteiger partial charge in [0.15, 0.2) is 0 Å². The summed E-state index contributed by atoms with van der Waals surface area (Å²) in [6.45, 7) is 5.38. The highest BCUT2D eigenvalue weighted by Crippen LogP contribution is 2.47. The molecule has 37 heavy (non-hydrogen) atoms. The average Bonchev–Trinajstić information content (AvgIpc) is 3.50. The predicted octanol–water partition coefficient (Wildman–Crippen LogP) is 6.12. The second-order valence-electron chi connectivity index (χ2n) is 10.6. The van der Waals surface area contributed by atoms with E-state index in [2.05, 4.69) is 16.9 Å². The maximum Gasteiger partial charge on any atom is 0.274 e. The van der Waals surface area contributed by atoms with Crippen LogP contribution in [0.2, 0.25) is 0 Å². The summed E-state index contributed by atoms with van der Waals surface area (Å²) in [5, 5.41) is 13.2. The van der Waals surface area contributed by atoms with Crippen molar-refractivity contribution in [1.29, 1.82) is 0 Å². The summed E-state index contributed by atoms with van der Waals surface area (Å²) in [7, 11) is 2.16. The van der Waals surface area contributed by atoms with Gasteiger partial charge in [-0.2, -0.15) is 0 Å². The van der Waals surface area contributed by atoms with Crippen LogP contribution in [0.4, 0.5) is 5.69 Å². The number of hydrogen-bond donors (Lipinski definition) is 2. The van der Waals surface area contributed by atoms with Gasteiger partial charge in [-0.1, -0.05) is 24.3 Å². The van der Waals surface area contributed by atoms with Gasteiger partial charge in [0.2, 0.25) is 0 Å². The number of phenolic OH excluding ortho intramolecular Hbond substituents is 1. The predicted molar refractivity (Wildman–Crippen MR) is 149 cm³/mol. The number of carbonyl (C=O) groups excluding carboxylic acids is 1. The minimum Gasteiger partial charge on any atom is -0.507 e. The van der Waals surface area contributed by atoms with Crippen molar-refractivity contribution >= 4 is 44.9 Å². The van der Waals surface area contributed by atoms with Crippen LogP contribution in [0.15, 0.2) is 54.6 Å². The summed E-state index contributed by atoms with van der Waals surface area (Å²) < 4.78 is 6.13. The van der Waals surface area contributed by atoms with Crippen LogP contribution in [-0.4, -0.2) is 59.6 Å². The van der Waals surface area contributed by atoms with Gasteiger partial charge in [0.25, 0.3) is 5.91 Å². The van der Waals surface area contributed by atoms with E-state index in [0.29, 0.717) is 18.2 Å². The third-order valence-corrected chi connectivity index (χ3v) is 8.33. The van der Waals surface area contributed by atoms with E-state index < -0.39 is 0 Å². The molecule has 4 aromatic rings. The summed E-state index contributed by atoms with van der Waals surface area (Å²) in [5.41, 5.74) is 3.13. The maximum atomic E-state index is 13.8. The highest BCUT2D eigenvalue weighted by atomic mass is 35.5. The Hall–Kier alpha value is -3.22. The quantitative estimate of drug-likeness (QED) is 0.313. The highest BCUT2D eigenvalue weighted by Gasteiger charge is 2.37. The first kappa shape index (κ1) is 24.1. The number of phenols is 1. The molecule has 2 aliphatic rings. The number of rotatable bonds is 5. The Labute approximate surface area is 221 Å². The lowest BCUT2D eigenvalue weighted by Gasteiger charge is -2.28. The van der Waals surface area contributed by atoms with E-state index in [0.717, 1.165) is 71.2 Å². The number of anilines is 1. The summed E-state index contributed by atoms with van der Waals surface area (Å²) in [6.07, 6.45) is 2.32. The van der Waals surface area contributed by atoms with Crippen molar-refractivity contribution in [2.45, 2.75) is 31.1 Å². The van der Waals surface area contributed by atoms with Crippen molar-refractivity contribution < 1.29 is 14.6 Å². The Kier molecular flexibility index (Phi) is 6.25. The van der Waals surface area contributed by atoms with Crippen molar-refractivity contribution in [3.63, 3.8) is 0 Å². The standard InChI is InChI=1S/C30H32ClN3O3/c1-18(31)24-16-34(27-15-28(35)22-5-3-4-6-23(22)29(24)27)30(36)26-14-20-13-21(7-8-25(20)32-26)37-17-19-9-11-33(2)12-10-19/h3-8,13-15,18-19,24,32,35H,9-12,16-17H2,1-2H3/t18?,24-/m0/s1. The molecule has 0 bridgehead atoms. The molecule has 1 fully saturated rings. The largest absolute Gasteiger partial charge is 0.507 e. The fraction of sp³-hybridized carbons (Fsp3) is 0.367. The fourth-order valence-corrected chi connectivity index (χ4v) is 6.04. The molecule has 1 saturated heterocycles. The van der Waals surface area contributed by atoms with Gasteiger partial charge >= 0.3 is 0 Å². The smallest absolute Gasteiger partial charge is 0.274 e. The van der Waals surface area contributed by atoms with E-state index in [9.17, 15) is 9.90 Å². The van der Waals surface area contributed by atoms with Crippen LogP contribution in [0, 0.1) is 5.92 Å². The molecule has 6 rings (SSSR count). The molecule has 192 valence electrons. The minimum atomic E-state index is -0.170.